The molecule has 1 N–H and O–H groups in total. The Hall–Kier alpha value is -2.67. The molecule has 0 aliphatic carbocycles. The summed E-state index contributed by atoms with van der Waals surface area (Å²) in [4.78, 5) is 38.0. The molecule has 1 fully saturated rings. The normalized spacial score (nSPS) is 25.9. The van der Waals surface area contributed by atoms with Gasteiger partial charge in [-0.05, 0) is 31.9 Å². The zero-order chi connectivity index (χ0) is 19.2. The van der Waals surface area contributed by atoms with Gasteiger partial charge in [0.15, 0.2) is 0 Å². The van der Waals surface area contributed by atoms with Crippen molar-refractivity contribution < 1.29 is 23.5 Å². The van der Waals surface area contributed by atoms with Crippen LogP contribution in [0.4, 0.5) is 0 Å². The molecule has 1 aromatic carbocycles. The van der Waals surface area contributed by atoms with Crippen molar-refractivity contribution >= 4 is 22.9 Å². The first-order chi connectivity index (χ1) is 13.0. The second-order valence-electron chi connectivity index (χ2n) is 6.94. The number of carbonyl (C=O) groups is 2. The summed E-state index contributed by atoms with van der Waals surface area (Å²) in [5, 5.41) is 4.06. The van der Waals surface area contributed by atoms with Gasteiger partial charge in [0.25, 0.3) is 0 Å². The fraction of sp³-hybridized carbons (Fsp3) is 0.450. The Morgan fingerprint density at radius 3 is 2.70 bits per heavy atom. The van der Waals surface area contributed by atoms with Gasteiger partial charge in [-0.2, -0.15) is 0 Å². The van der Waals surface area contributed by atoms with Gasteiger partial charge in [-0.25, -0.2) is 4.79 Å². The van der Waals surface area contributed by atoms with Crippen LogP contribution in [-0.2, 0) is 25.5 Å². The second kappa shape index (κ2) is 6.49. The maximum atomic E-state index is 12.7. The summed E-state index contributed by atoms with van der Waals surface area (Å²) in [6.45, 7) is 3.93. The van der Waals surface area contributed by atoms with E-state index in [9.17, 15) is 14.4 Å². The maximum Gasteiger partial charge on any atom is 0.339 e. The van der Waals surface area contributed by atoms with Crippen LogP contribution in [0.1, 0.15) is 37.4 Å². The Morgan fingerprint density at radius 1 is 1.22 bits per heavy atom. The number of benzene rings is 1. The molecule has 7 heteroatoms. The minimum Gasteiger partial charge on any atom is -0.466 e. The third-order valence-electron chi connectivity index (χ3n) is 5.40. The fourth-order valence-corrected chi connectivity index (χ4v) is 4.34. The van der Waals surface area contributed by atoms with Gasteiger partial charge < -0.3 is 13.9 Å². The first-order valence-corrected chi connectivity index (χ1v) is 9.17. The van der Waals surface area contributed by atoms with Gasteiger partial charge in [-0.3, -0.25) is 14.9 Å². The Kier molecular flexibility index (Phi) is 4.26. The Labute approximate surface area is 155 Å². The molecule has 2 bridgehead atoms. The number of hydrogen-bond acceptors (Lipinski definition) is 7. The number of hydrogen-bond donors (Lipinski definition) is 1. The first kappa shape index (κ1) is 17.7. The largest absolute Gasteiger partial charge is 0.466 e. The van der Waals surface area contributed by atoms with Gasteiger partial charge >= 0.3 is 17.6 Å². The summed E-state index contributed by atoms with van der Waals surface area (Å²) in [6.07, 6.45) is 0.346. The van der Waals surface area contributed by atoms with E-state index in [2.05, 4.69) is 5.32 Å². The molecular formula is C20H21NO6. The van der Waals surface area contributed by atoms with Crippen LogP contribution in [-0.4, -0.2) is 30.7 Å². The highest BCUT2D eigenvalue weighted by Gasteiger charge is 2.58. The number of para-hydroxylation sites is 1. The molecule has 3 heterocycles. The number of carbonyl (C=O) groups excluding carboxylic acids is 2. The lowest BCUT2D eigenvalue weighted by Gasteiger charge is -2.33. The summed E-state index contributed by atoms with van der Waals surface area (Å²) >= 11 is 0. The highest BCUT2D eigenvalue weighted by molar-refractivity contribution is 5.89. The Morgan fingerprint density at radius 2 is 1.96 bits per heavy atom. The van der Waals surface area contributed by atoms with E-state index in [0.29, 0.717) is 11.1 Å². The summed E-state index contributed by atoms with van der Waals surface area (Å²) in [5.74, 6) is -1.42. The van der Waals surface area contributed by atoms with E-state index < -0.39 is 29.1 Å². The van der Waals surface area contributed by atoms with Crippen LogP contribution in [0.15, 0.2) is 33.5 Å². The molecule has 4 rings (SSSR count). The standard InChI is InChI=1S/C20H21NO6/c1-3-25-17(22)13-10-20(19(24)26-4-2)9-12-15(16(13)21-20)11-7-5-6-8-14(11)27-18(12)23/h5-8,13,16,21H,3-4,9-10H2,1-2H3/t13-,16-,20-/m0/s1. The van der Waals surface area contributed by atoms with E-state index in [-0.39, 0.29) is 32.0 Å². The quantitative estimate of drug-likeness (QED) is 0.647. The van der Waals surface area contributed by atoms with Gasteiger partial charge in [0.05, 0.1) is 19.1 Å². The topological polar surface area (TPSA) is 94.8 Å². The van der Waals surface area contributed by atoms with Crippen molar-refractivity contribution in [2.75, 3.05) is 13.2 Å². The van der Waals surface area contributed by atoms with Crippen molar-refractivity contribution in [1.29, 1.82) is 0 Å². The summed E-state index contributed by atoms with van der Waals surface area (Å²) < 4.78 is 16.0. The number of fused-ring (bicyclic) bond motifs is 6. The molecule has 3 atom stereocenters. The van der Waals surface area contributed by atoms with E-state index in [1.165, 1.54) is 0 Å². The van der Waals surface area contributed by atoms with E-state index in [1.54, 1.807) is 26.0 Å². The number of rotatable bonds is 4. The smallest absolute Gasteiger partial charge is 0.339 e. The van der Waals surface area contributed by atoms with Crippen molar-refractivity contribution in [2.45, 2.75) is 38.3 Å². The molecule has 27 heavy (non-hydrogen) atoms. The lowest BCUT2D eigenvalue weighted by Crippen LogP contribution is -2.54. The molecule has 1 aromatic heterocycles. The average molecular weight is 371 g/mol. The monoisotopic (exact) mass is 371 g/mol. The molecule has 142 valence electrons. The molecule has 7 nitrogen and oxygen atoms in total. The zero-order valence-corrected chi connectivity index (χ0v) is 15.2. The number of esters is 2. The minimum absolute atomic E-state index is 0.126. The molecule has 2 aromatic rings. The van der Waals surface area contributed by atoms with Crippen LogP contribution in [0, 0.1) is 5.92 Å². The van der Waals surface area contributed by atoms with Crippen LogP contribution in [0.3, 0.4) is 0 Å². The third kappa shape index (κ3) is 2.65. The summed E-state index contributed by atoms with van der Waals surface area (Å²) in [6, 6.07) is 6.71. The van der Waals surface area contributed by atoms with Crippen LogP contribution in [0.2, 0.25) is 0 Å². The molecule has 2 aliphatic rings. The van der Waals surface area contributed by atoms with Gasteiger partial charge in [-0.1, -0.05) is 18.2 Å². The Bertz CT molecular complexity index is 980. The molecule has 2 aliphatic heterocycles. The average Bonchev–Trinajstić information content (AvgIpc) is 2.97. The van der Waals surface area contributed by atoms with E-state index >= 15 is 0 Å². The first-order valence-electron chi connectivity index (χ1n) is 9.17. The Balaban J connectivity index is 1.92. The maximum absolute atomic E-state index is 12.7. The van der Waals surface area contributed by atoms with Crippen LogP contribution < -0.4 is 10.9 Å². The van der Waals surface area contributed by atoms with Gasteiger partial charge in [0, 0.05) is 23.4 Å². The molecular weight excluding hydrogens is 350 g/mol. The predicted molar refractivity (Wildman–Crippen MR) is 96.2 cm³/mol. The molecule has 0 saturated carbocycles. The zero-order valence-electron chi connectivity index (χ0n) is 15.2. The SMILES string of the molecule is CCOC(=O)[C@H]1C[C@]2(C(=O)OCC)Cc3c(c4ccccc4oc3=O)[C@H]1N2. The van der Waals surface area contributed by atoms with Crippen molar-refractivity contribution in [3.05, 3.63) is 45.8 Å². The summed E-state index contributed by atoms with van der Waals surface area (Å²) in [5.41, 5.74) is 0.00612. The van der Waals surface area contributed by atoms with Crippen molar-refractivity contribution in [2.24, 2.45) is 5.92 Å². The van der Waals surface area contributed by atoms with E-state index in [4.69, 9.17) is 13.9 Å². The number of ether oxygens (including phenoxy) is 2. The minimum atomic E-state index is -1.12. The lowest BCUT2D eigenvalue weighted by molar-refractivity contribution is -0.151. The predicted octanol–water partition coefficient (Wildman–Crippen LogP) is 1.86. The third-order valence-corrected chi connectivity index (χ3v) is 5.40. The van der Waals surface area contributed by atoms with Crippen LogP contribution in [0.5, 0.6) is 0 Å². The molecule has 0 amide bonds. The van der Waals surface area contributed by atoms with Crippen molar-refractivity contribution in [3.63, 3.8) is 0 Å². The lowest BCUT2D eigenvalue weighted by atomic mass is 9.86. The molecule has 0 radical (unpaired) electrons. The molecule has 0 spiro atoms. The second-order valence-corrected chi connectivity index (χ2v) is 6.94. The molecule has 1 saturated heterocycles. The van der Waals surface area contributed by atoms with Gasteiger partial charge in [0.2, 0.25) is 0 Å². The van der Waals surface area contributed by atoms with E-state index in [1.807, 2.05) is 12.1 Å². The summed E-state index contributed by atoms with van der Waals surface area (Å²) in [7, 11) is 0. The highest BCUT2D eigenvalue weighted by atomic mass is 16.5. The van der Waals surface area contributed by atoms with Crippen molar-refractivity contribution in [3.8, 4) is 0 Å². The van der Waals surface area contributed by atoms with Gasteiger partial charge in [-0.15, -0.1) is 0 Å². The highest BCUT2D eigenvalue weighted by Crippen LogP contribution is 2.48. The fourth-order valence-electron chi connectivity index (χ4n) is 4.34. The van der Waals surface area contributed by atoms with Crippen LogP contribution >= 0.6 is 0 Å². The van der Waals surface area contributed by atoms with Crippen molar-refractivity contribution in [1.82, 2.24) is 5.32 Å². The number of nitrogens with one attached hydrogen (secondary N) is 1. The molecule has 0 unspecified atom stereocenters. The van der Waals surface area contributed by atoms with E-state index in [0.717, 1.165) is 10.9 Å². The van der Waals surface area contributed by atoms with Crippen LogP contribution in [0.25, 0.3) is 11.0 Å². The van der Waals surface area contributed by atoms with Gasteiger partial charge in [0.1, 0.15) is 11.1 Å².